The van der Waals surface area contributed by atoms with Gasteiger partial charge in [-0.2, -0.15) is 0 Å². The Labute approximate surface area is 132 Å². The molecule has 1 N–H and O–H groups in total. The Balaban J connectivity index is 1.82. The zero-order valence-electron chi connectivity index (χ0n) is 13.5. The van der Waals surface area contributed by atoms with Gasteiger partial charge in [-0.1, -0.05) is 0 Å². The summed E-state index contributed by atoms with van der Waals surface area (Å²) in [5.41, 5.74) is -0.566. The van der Waals surface area contributed by atoms with Crippen molar-refractivity contribution in [3.63, 3.8) is 0 Å². The van der Waals surface area contributed by atoms with E-state index in [0.717, 1.165) is 45.3 Å². The van der Waals surface area contributed by atoms with E-state index < -0.39 is 5.54 Å². The molecule has 0 aromatic heterocycles. The number of carbonyl (C=O) groups excluding carboxylic acids is 2. The number of nitrogens with zero attached hydrogens (tertiary/aromatic N) is 2. The highest BCUT2D eigenvalue weighted by Gasteiger charge is 2.51. The van der Waals surface area contributed by atoms with Gasteiger partial charge in [0.25, 0.3) is 0 Å². The number of likely N-dealkylation sites (tertiary alicyclic amines) is 2. The lowest BCUT2D eigenvalue weighted by Crippen LogP contribution is -2.64. The lowest BCUT2D eigenvalue weighted by molar-refractivity contribution is -0.148. The van der Waals surface area contributed by atoms with Gasteiger partial charge in [-0.25, -0.2) is 0 Å². The van der Waals surface area contributed by atoms with Gasteiger partial charge in [-0.3, -0.25) is 14.5 Å². The molecule has 0 bridgehead atoms. The van der Waals surface area contributed by atoms with Crippen LogP contribution in [0.1, 0.15) is 38.5 Å². The smallest absolute Gasteiger partial charge is 0.240 e. The maximum absolute atomic E-state index is 12.9. The minimum absolute atomic E-state index is 0.0388. The Kier molecular flexibility index (Phi) is 4.68. The molecule has 0 spiro atoms. The van der Waals surface area contributed by atoms with Crippen LogP contribution in [-0.2, 0) is 14.3 Å². The number of hydrogen-bond acceptors (Lipinski definition) is 4. The van der Waals surface area contributed by atoms with Crippen molar-refractivity contribution in [3.8, 4) is 0 Å². The van der Waals surface area contributed by atoms with E-state index in [2.05, 4.69) is 10.2 Å². The highest BCUT2D eigenvalue weighted by atomic mass is 16.5. The summed E-state index contributed by atoms with van der Waals surface area (Å²) in [5, 5.41) is 2.82. The fraction of sp³-hybridized carbons (Fsp3) is 0.875. The van der Waals surface area contributed by atoms with Crippen molar-refractivity contribution in [1.82, 2.24) is 15.1 Å². The molecular formula is C16H27N3O3. The molecule has 0 aromatic rings. The molecule has 2 amide bonds. The minimum Gasteiger partial charge on any atom is -0.381 e. The van der Waals surface area contributed by atoms with Crippen molar-refractivity contribution in [2.45, 2.75) is 50.1 Å². The highest BCUT2D eigenvalue weighted by Crippen LogP contribution is 2.35. The first-order valence-corrected chi connectivity index (χ1v) is 8.54. The Bertz CT molecular complexity index is 428. The highest BCUT2D eigenvalue weighted by molar-refractivity contribution is 5.88. The first kappa shape index (κ1) is 15.7. The summed E-state index contributed by atoms with van der Waals surface area (Å²) in [4.78, 5) is 29.7. The van der Waals surface area contributed by atoms with Crippen LogP contribution in [0.4, 0.5) is 0 Å². The lowest BCUT2D eigenvalue weighted by Gasteiger charge is -2.45. The fourth-order valence-electron chi connectivity index (χ4n) is 4.27. The number of carbonyl (C=O) groups is 2. The van der Waals surface area contributed by atoms with Crippen molar-refractivity contribution in [2.24, 2.45) is 0 Å². The second-order valence-electron chi connectivity index (χ2n) is 6.61. The van der Waals surface area contributed by atoms with Crippen LogP contribution in [0.2, 0.25) is 0 Å². The van der Waals surface area contributed by atoms with Crippen LogP contribution in [0, 0.1) is 0 Å². The average Bonchev–Trinajstić information content (AvgIpc) is 3.25. The topological polar surface area (TPSA) is 61.9 Å². The summed E-state index contributed by atoms with van der Waals surface area (Å²) in [6.45, 7) is 3.76. The van der Waals surface area contributed by atoms with Crippen molar-refractivity contribution < 1.29 is 14.3 Å². The summed E-state index contributed by atoms with van der Waals surface area (Å²) in [7, 11) is 1.69. The van der Waals surface area contributed by atoms with E-state index in [-0.39, 0.29) is 17.9 Å². The molecule has 3 fully saturated rings. The first-order valence-electron chi connectivity index (χ1n) is 8.54. The van der Waals surface area contributed by atoms with Crippen LogP contribution in [-0.4, -0.2) is 73.1 Å². The monoisotopic (exact) mass is 309 g/mol. The molecule has 6 nitrogen and oxygen atoms in total. The molecule has 6 heteroatoms. The van der Waals surface area contributed by atoms with E-state index in [1.807, 2.05) is 4.90 Å². The van der Waals surface area contributed by atoms with Crippen molar-refractivity contribution in [1.29, 1.82) is 0 Å². The molecule has 0 aromatic carbocycles. The van der Waals surface area contributed by atoms with Crippen LogP contribution in [0.5, 0.6) is 0 Å². The molecule has 0 saturated carbocycles. The van der Waals surface area contributed by atoms with Gasteiger partial charge in [-0.15, -0.1) is 0 Å². The fourth-order valence-corrected chi connectivity index (χ4v) is 4.27. The summed E-state index contributed by atoms with van der Waals surface area (Å²) in [6, 6.07) is -0.131. The van der Waals surface area contributed by atoms with Gasteiger partial charge in [-0.05, 0) is 38.5 Å². The molecule has 1 atom stereocenters. The third kappa shape index (κ3) is 2.63. The van der Waals surface area contributed by atoms with Crippen LogP contribution in [0.25, 0.3) is 0 Å². The molecule has 3 heterocycles. The zero-order chi connectivity index (χ0) is 15.6. The van der Waals surface area contributed by atoms with Crippen LogP contribution in [0.3, 0.4) is 0 Å². The Morgan fingerprint density at radius 3 is 2.41 bits per heavy atom. The maximum atomic E-state index is 12.9. The number of hydrogen-bond donors (Lipinski definition) is 1. The van der Waals surface area contributed by atoms with Crippen LogP contribution < -0.4 is 5.32 Å². The molecular weight excluding hydrogens is 282 g/mol. The number of ether oxygens (including phenoxy) is 1. The van der Waals surface area contributed by atoms with Gasteiger partial charge in [0.2, 0.25) is 11.8 Å². The molecule has 0 aliphatic carbocycles. The van der Waals surface area contributed by atoms with Gasteiger partial charge < -0.3 is 15.0 Å². The van der Waals surface area contributed by atoms with Crippen molar-refractivity contribution >= 4 is 11.8 Å². The average molecular weight is 309 g/mol. The number of amides is 2. The van der Waals surface area contributed by atoms with E-state index in [4.69, 9.17) is 4.74 Å². The van der Waals surface area contributed by atoms with Crippen molar-refractivity contribution in [3.05, 3.63) is 0 Å². The zero-order valence-corrected chi connectivity index (χ0v) is 13.5. The van der Waals surface area contributed by atoms with Gasteiger partial charge >= 0.3 is 0 Å². The van der Waals surface area contributed by atoms with Crippen LogP contribution >= 0.6 is 0 Å². The summed E-state index contributed by atoms with van der Waals surface area (Å²) >= 11 is 0. The predicted molar refractivity (Wildman–Crippen MR) is 82.4 cm³/mol. The Morgan fingerprint density at radius 2 is 1.77 bits per heavy atom. The SMILES string of the molecule is CNC(=O)C1(N2CCCC2C(=O)N2CCCC2)CCOCC1. The van der Waals surface area contributed by atoms with Gasteiger partial charge in [0.05, 0.1) is 6.04 Å². The standard InChI is InChI=1S/C16H27N3O3/c1-17-15(21)16(6-11-22-12-7-16)19-10-4-5-13(19)14(20)18-8-2-3-9-18/h13H,2-12H2,1H3,(H,17,21). The first-order chi connectivity index (χ1) is 10.7. The molecule has 3 saturated heterocycles. The van der Waals surface area contributed by atoms with E-state index >= 15 is 0 Å². The van der Waals surface area contributed by atoms with Crippen molar-refractivity contribution in [2.75, 3.05) is 39.9 Å². The number of nitrogens with one attached hydrogen (secondary N) is 1. The second-order valence-corrected chi connectivity index (χ2v) is 6.61. The van der Waals surface area contributed by atoms with Crippen LogP contribution in [0.15, 0.2) is 0 Å². The number of likely N-dealkylation sites (N-methyl/N-ethyl adjacent to an activating group) is 1. The third-order valence-electron chi connectivity index (χ3n) is 5.48. The Morgan fingerprint density at radius 1 is 1.09 bits per heavy atom. The van der Waals surface area contributed by atoms with E-state index in [1.165, 1.54) is 0 Å². The molecule has 3 aliphatic rings. The second kappa shape index (κ2) is 6.54. The molecule has 124 valence electrons. The van der Waals surface area contributed by atoms with E-state index in [1.54, 1.807) is 7.05 Å². The predicted octanol–water partition coefficient (Wildman–Crippen LogP) is 0.368. The van der Waals surface area contributed by atoms with E-state index in [9.17, 15) is 9.59 Å². The summed E-state index contributed by atoms with van der Waals surface area (Å²) < 4.78 is 5.47. The largest absolute Gasteiger partial charge is 0.381 e. The summed E-state index contributed by atoms with van der Waals surface area (Å²) in [6.07, 6.45) is 5.42. The normalized spacial score (nSPS) is 28.8. The third-order valence-corrected chi connectivity index (χ3v) is 5.48. The minimum atomic E-state index is -0.566. The van der Waals surface area contributed by atoms with Gasteiger partial charge in [0, 0.05) is 39.9 Å². The Hall–Kier alpha value is -1.14. The quantitative estimate of drug-likeness (QED) is 0.818. The number of rotatable bonds is 3. The lowest BCUT2D eigenvalue weighted by atomic mass is 9.86. The summed E-state index contributed by atoms with van der Waals surface area (Å²) in [5.74, 6) is 0.265. The molecule has 0 radical (unpaired) electrons. The molecule has 1 unspecified atom stereocenters. The molecule has 3 rings (SSSR count). The molecule has 22 heavy (non-hydrogen) atoms. The van der Waals surface area contributed by atoms with E-state index in [0.29, 0.717) is 26.1 Å². The van der Waals surface area contributed by atoms with Gasteiger partial charge in [0.15, 0.2) is 0 Å². The molecule has 3 aliphatic heterocycles. The van der Waals surface area contributed by atoms with Gasteiger partial charge in [0.1, 0.15) is 5.54 Å². The maximum Gasteiger partial charge on any atom is 0.240 e.